The van der Waals surface area contributed by atoms with Crippen molar-refractivity contribution in [1.82, 2.24) is 0 Å². The zero-order valence-electron chi connectivity index (χ0n) is 78.0. The van der Waals surface area contributed by atoms with Gasteiger partial charge >= 0.3 is 264 Å². The van der Waals surface area contributed by atoms with Crippen molar-refractivity contribution in [1.29, 1.82) is 0 Å². The summed E-state index contributed by atoms with van der Waals surface area (Å²) >= 11 is 0. The summed E-state index contributed by atoms with van der Waals surface area (Å²) in [7, 11) is 0. The van der Waals surface area contributed by atoms with E-state index in [1.54, 1.807) is 178 Å². The fraction of sp³-hybridized carbons (Fsp3) is 0.453. The molecule has 121 heavy (non-hydrogen) atoms. The number of benzene rings is 1. The van der Waals surface area contributed by atoms with Crippen LogP contribution in [0.1, 0.15) is 154 Å². The number of hydrogen-bond acceptors (Lipinski definition) is 0. The SMILES string of the molecule is C1=C/C=C\C=C/C=C1.C1=C/C=c2/cccc/c2=C/C=C1.C1CCC2CCC3CCCCC4CCC5CCCCC6CCC7CCCCC8CCC(C1)C1C2C2C1C1C8C7C1C1C6C5C1C1C4C3C21.FC1=C/C=C\C=C/C=C1.[Li+].[Li+].[Li+].[Li+].[Li+].[Li+].[Li+].[Li+].[Li+].[Li+].[Li+].[Li+].[Li+].[Li+].c1cccc2c(cc1)c1ccccccc21.c1cccc2ccccccc-2cc1. The molecule has 0 N–H and O–H groups in total. The normalized spacial score (nSPS) is 33.9. The number of hydrogen-bond donors (Lipinski definition) is 0. The van der Waals surface area contributed by atoms with Gasteiger partial charge in [0.15, 0.2) is 0 Å². The van der Waals surface area contributed by atoms with Gasteiger partial charge in [0.2, 0.25) is 0 Å². The molecule has 16 unspecified atom stereocenters. The van der Waals surface area contributed by atoms with Crippen molar-refractivity contribution in [2.45, 2.75) is 154 Å². The van der Waals surface area contributed by atoms with Crippen molar-refractivity contribution in [3.63, 3.8) is 0 Å². The fourth-order valence-corrected chi connectivity index (χ4v) is 27.7. The molecule has 0 amide bonds. The van der Waals surface area contributed by atoms with Crippen LogP contribution in [-0.4, -0.2) is 0 Å². The fourth-order valence-electron chi connectivity index (χ4n) is 27.7. The van der Waals surface area contributed by atoms with Gasteiger partial charge in [-0.25, -0.2) is 4.39 Å². The summed E-state index contributed by atoms with van der Waals surface area (Å²) < 4.78 is 12.3. The second kappa shape index (κ2) is 58.0. The molecule has 0 radical (unpaired) electrons. The molecule has 552 valence electrons. The smallest absolute Gasteiger partial charge is 0.207 e. The third kappa shape index (κ3) is 26.2. The van der Waals surface area contributed by atoms with Crippen LogP contribution in [0.5, 0.6) is 0 Å². The Bertz CT molecular complexity index is 3960. The van der Waals surface area contributed by atoms with Crippen LogP contribution in [0.15, 0.2) is 291 Å². The largest absolute Gasteiger partial charge is 1.00 e. The van der Waals surface area contributed by atoms with E-state index in [0.717, 1.165) is 47.3 Å². The van der Waals surface area contributed by atoms with E-state index in [9.17, 15) is 4.39 Å². The molecule has 22 rings (SSSR count). The first kappa shape index (κ1) is 116. The van der Waals surface area contributed by atoms with E-state index in [0.29, 0.717) is 0 Å². The van der Waals surface area contributed by atoms with Crippen LogP contribution in [0.2, 0.25) is 0 Å². The van der Waals surface area contributed by atoms with Gasteiger partial charge in [0, 0.05) is 0 Å². The molecule has 16 atom stereocenters. The number of fused-ring (bicyclic) bond motifs is 6. The molecule has 0 heterocycles. The summed E-state index contributed by atoms with van der Waals surface area (Å²) in [4.78, 5) is 0. The predicted octanol–water partition coefficient (Wildman–Crippen LogP) is -15.0. The van der Waals surface area contributed by atoms with Crippen molar-refractivity contribution in [2.24, 2.45) is 142 Å². The van der Waals surface area contributed by atoms with Crippen molar-refractivity contribution in [2.75, 3.05) is 0 Å². The van der Waals surface area contributed by atoms with E-state index < -0.39 is 0 Å². The second-order valence-electron chi connectivity index (χ2n) is 35.7. The molecule has 18 aliphatic carbocycles. The molecule has 4 aromatic rings. The molecule has 0 bridgehead atoms. The molecule has 4 aromatic carbocycles. The maximum Gasteiger partial charge on any atom is 1.00 e. The van der Waals surface area contributed by atoms with Crippen LogP contribution in [-0.2, 0) is 0 Å². The maximum atomic E-state index is 12.3. The summed E-state index contributed by atoms with van der Waals surface area (Å²) in [6, 6.07) is 58.5. The van der Waals surface area contributed by atoms with E-state index in [-0.39, 0.29) is 270 Å². The molecule has 15 heteroatoms. The van der Waals surface area contributed by atoms with Crippen molar-refractivity contribution >= 4 is 33.7 Å². The van der Waals surface area contributed by atoms with Gasteiger partial charge in [-0.2, -0.15) is 0 Å². The van der Waals surface area contributed by atoms with Crippen LogP contribution in [0.25, 0.3) is 44.8 Å². The van der Waals surface area contributed by atoms with Gasteiger partial charge in [0.05, 0.1) is 0 Å². The summed E-state index contributed by atoms with van der Waals surface area (Å²) in [5.41, 5.74) is 2.48. The van der Waals surface area contributed by atoms with Gasteiger partial charge in [-0.1, -0.05) is 388 Å². The first-order chi connectivity index (χ1) is 53.2. The Kier molecular flexibility index (Phi) is 55.6. The standard InChI is InChI=1S/C48H72.C16H12.C14H12.C12H10.C8H7F.C8H8.14Li/c1-2-10-26-19-20-28-12-5-6-14-30-23-24-32-16-8-7-15-31-22-21-29-13-4-3-11-27-18-17-25(9-1)33-34(26)42-41(33)43-35(27)37(29)45(43)47-39(31)40(32)48(47)46-38(30)36(28)44(42)46;1-2-6-10-14-13(9-5-1)15-11-7-3-4-8-12-16(14)15;1-2-6-10-14-12-8-4-3-7-11-13(14)9-5-1;1-2-4-8-12-10-6-5-9-11(12)7-3-1;9-8-6-4-2-1-3-5-7-8;1-2-4-6-8-7-5-3-1;;;;;;;;;;;;;;/h25-48H,1-24H2;1-12H;1-12H;1-10H;1-7H;1-8H;;;;;;;;;;;;;;/q;;;;;;14*+1/b;;;2-1?,3-1?,4-2?,7-3?,8-4?,11-7-,12-8-;2*2-1-,3-1?,4-2?,5-3-,6-4?,7-5?,8-6?,8-7?;;;;;;;;;;;;;;. The zero-order valence-corrected chi connectivity index (χ0v) is 78.0. The molecule has 13 fully saturated rings. The van der Waals surface area contributed by atoms with E-state index in [1.165, 1.54) is 150 Å². The molecular formula is C106H121FLi14+14. The first-order valence-corrected chi connectivity index (χ1v) is 43.6. The minimum absolute atomic E-state index is 0. The Labute approximate surface area is 899 Å². The average Bonchev–Trinajstić information content (AvgIpc) is 0.641. The van der Waals surface area contributed by atoms with Crippen LogP contribution in [0, 0.1) is 142 Å². The minimum atomic E-state index is -0.212. The van der Waals surface area contributed by atoms with E-state index in [2.05, 4.69) is 170 Å². The summed E-state index contributed by atoms with van der Waals surface area (Å²) in [5, 5.41) is 7.91. The molecule has 0 aromatic heterocycles. The molecule has 18 aliphatic rings. The van der Waals surface area contributed by atoms with E-state index in [1.807, 2.05) is 91.1 Å². The van der Waals surface area contributed by atoms with Crippen molar-refractivity contribution in [3.05, 3.63) is 302 Å². The number of allylic oxidation sites excluding steroid dienone is 20. The third-order valence-corrected chi connectivity index (χ3v) is 31.2. The topological polar surface area (TPSA) is 0 Å². The van der Waals surface area contributed by atoms with E-state index >= 15 is 0 Å². The Morgan fingerprint density at radius 3 is 0.554 bits per heavy atom. The maximum absolute atomic E-state index is 12.3. The quantitative estimate of drug-likeness (QED) is 0.133. The number of rotatable bonds is 0. The Balaban J connectivity index is 0.000000432. The summed E-state index contributed by atoms with van der Waals surface area (Å²) in [6.45, 7) is 0. The van der Waals surface area contributed by atoms with Crippen LogP contribution >= 0.6 is 0 Å². The van der Waals surface area contributed by atoms with E-state index in [4.69, 9.17) is 0 Å². The molecule has 0 spiro atoms. The molecule has 0 aliphatic heterocycles. The van der Waals surface area contributed by atoms with Gasteiger partial charge in [-0.3, -0.25) is 0 Å². The first-order valence-electron chi connectivity index (χ1n) is 43.6. The molecule has 0 nitrogen and oxygen atoms in total. The van der Waals surface area contributed by atoms with Gasteiger partial charge in [-0.15, -0.1) is 0 Å². The Hall–Kier alpha value is 0.754. The average molecular weight is 1510 g/mol. The van der Waals surface area contributed by atoms with Gasteiger partial charge in [-0.05, 0) is 249 Å². The van der Waals surface area contributed by atoms with Gasteiger partial charge in [0.25, 0.3) is 0 Å². The summed E-state index contributed by atoms with van der Waals surface area (Å²) in [6.07, 6.45) is 79.5. The zero-order chi connectivity index (χ0) is 71.7. The van der Waals surface area contributed by atoms with Crippen molar-refractivity contribution in [3.8, 4) is 11.1 Å². The molecule has 0 saturated heterocycles. The third-order valence-electron chi connectivity index (χ3n) is 31.2. The van der Waals surface area contributed by atoms with Gasteiger partial charge in [0.1, 0.15) is 5.83 Å². The van der Waals surface area contributed by atoms with Gasteiger partial charge < -0.3 is 0 Å². The Morgan fingerprint density at radius 2 is 0.339 bits per heavy atom. The van der Waals surface area contributed by atoms with Crippen LogP contribution in [0.4, 0.5) is 4.39 Å². The Morgan fingerprint density at radius 1 is 0.165 bits per heavy atom. The van der Waals surface area contributed by atoms with Crippen LogP contribution < -0.4 is 274 Å². The molecular weight excluding hydrogens is 1390 g/mol. The minimum Gasteiger partial charge on any atom is -0.207 e. The second-order valence-corrected chi connectivity index (χ2v) is 35.7. The monoisotopic (exact) mass is 1510 g/mol. The van der Waals surface area contributed by atoms with Crippen molar-refractivity contribution < 1.29 is 268 Å². The molecule has 13 saturated carbocycles. The predicted molar refractivity (Wildman–Crippen MR) is 452 cm³/mol. The van der Waals surface area contributed by atoms with Crippen LogP contribution in [0.3, 0.4) is 0 Å². The summed E-state index contributed by atoms with van der Waals surface area (Å²) in [5.74, 6) is 28.3. The number of halogens is 1.